The molecule has 3 rings (SSSR count). The summed E-state index contributed by atoms with van der Waals surface area (Å²) in [5, 5.41) is 1.08. The lowest BCUT2D eigenvalue weighted by molar-refractivity contribution is 0.0343. The van der Waals surface area contributed by atoms with Crippen molar-refractivity contribution in [3.05, 3.63) is 70.4 Å². The number of carbonyl (C=O) groups excluding carboxylic acids is 1. The van der Waals surface area contributed by atoms with Crippen LogP contribution >= 0.6 is 11.3 Å². The number of fused-ring (bicyclic) bond motifs is 1. The molecular formula is C18H15FO2S. The van der Waals surface area contributed by atoms with Crippen LogP contribution < -0.4 is 0 Å². The number of halogens is 1. The highest BCUT2D eigenvalue weighted by molar-refractivity contribution is 7.21. The minimum absolute atomic E-state index is 0.303. The van der Waals surface area contributed by atoms with Gasteiger partial charge in [-0.1, -0.05) is 30.3 Å². The SMILES string of the molecule is Cc1c(C(=O)OC(C)c2ccc(F)cc2)sc2ccccc12. The first-order valence-electron chi connectivity index (χ1n) is 7.01. The summed E-state index contributed by atoms with van der Waals surface area (Å²) in [5.41, 5.74) is 1.71. The van der Waals surface area contributed by atoms with E-state index in [9.17, 15) is 9.18 Å². The Hall–Kier alpha value is -2.20. The molecule has 1 atom stereocenters. The van der Waals surface area contributed by atoms with E-state index in [1.165, 1.54) is 23.5 Å². The fraction of sp³-hybridized carbons (Fsp3) is 0.167. The molecule has 0 amide bonds. The van der Waals surface area contributed by atoms with Crippen molar-refractivity contribution in [1.82, 2.24) is 0 Å². The second kappa shape index (κ2) is 5.89. The van der Waals surface area contributed by atoms with Crippen molar-refractivity contribution in [2.45, 2.75) is 20.0 Å². The molecule has 112 valence electrons. The maximum atomic E-state index is 12.9. The molecule has 22 heavy (non-hydrogen) atoms. The Kier molecular flexibility index (Phi) is 3.94. The van der Waals surface area contributed by atoms with Gasteiger partial charge in [-0.2, -0.15) is 0 Å². The smallest absolute Gasteiger partial charge is 0.349 e. The van der Waals surface area contributed by atoms with Gasteiger partial charge in [0.05, 0.1) is 0 Å². The molecule has 1 unspecified atom stereocenters. The van der Waals surface area contributed by atoms with E-state index in [0.717, 1.165) is 21.2 Å². The minimum atomic E-state index is -0.419. The minimum Gasteiger partial charge on any atom is -0.454 e. The Labute approximate surface area is 132 Å². The lowest BCUT2D eigenvalue weighted by Crippen LogP contribution is -2.08. The standard InChI is InChI=1S/C18H15FO2S/c1-11-15-5-3-4-6-16(15)22-17(11)18(20)21-12(2)13-7-9-14(19)10-8-13/h3-10,12H,1-2H3. The number of rotatable bonds is 3. The van der Waals surface area contributed by atoms with Crippen LogP contribution in [0.15, 0.2) is 48.5 Å². The Balaban J connectivity index is 1.84. The van der Waals surface area contributed by atoms with Crippen LogP contribution in [0.25, 0.3) is 10.1 Å². The largest absolute Gasteiger partial charge is 0.454 e. The summed E-state index contributed by atoms with van der Waals surface area (Å²) >= 11 is 1.44. The number of carbonyl (C=O) groups is 1. The monoisotopic (exact) mass is 314 g/mol. The van der Waals surface area contributed by atoms with Crippen LogP contribution in [0.2, 0.25) is 0 Å². The maximum absolute atomic E-state index is 12.9. The zero-order chi connectivity index (χ0) is 15.7. The average molecular weight is 314 g/mol. The Bertz CT molecular complexity index is 821. The van der Waals surface area contributed by atoms with E-state index in [-0.39, 0.29) is 11.8 Å². The van der Waals surface area contributed by atoms with E-state index in [2.05, 4.69) is 0 Å². The lowest BCUT2D eigenvalue weighted by atomic mass is 10.1. The molecule has 0 saturated carbocycles. The van der Waals surface area contributed by atoms with Crippen LogP contribution in [-0.4, -0.2) is 5.97 Å². The summed E-state index contributed by atoms with van der Waals surface area (Å²) in [4.78, 5) is 13.0. The predicted octanol–water partition coefficient (Wildman–Crippen LogP) is 5.27. The van der Waals surface area contributed by atoms with E-state index < -0.39 is 6.10 Å². The summed E-state index contributed by atoms with van der Waals surface area (Å²) in [6, 6.07) is 13.9. The molecule has 0 bridgehead atoms. The number of esters is 1. The summed E-state index contributed by atoms with van der Waals surface area (Å²) in [5.74, 6) is -0.641. The number of benzene rings is 2. The molecule has 4 heteroatoms. The molecule has 2 aromatic carbocycles. The van der Waals surface area contributed by atoms with E-state index in [1.54, 1.807) is 19.1 Å². The van der Waals surface area contributed by atoms with Crippen molar-refractivity contribution in [1.29, 1.82) is 0 Å². The fourth-order valence-corrected chi connectivity index (χ4v) is 3.48. The molecular weight excluding hydrogens is 299 g/mol. The molecule has 1 aromatic heterocycles. The van der Waals surface area contributed by atoms with Gasteiger partial charge in [0.25, 0.3) is 0 Å². The summed E-state index contributed by atoms with van der Waals surface area (Å²) in [6.07, 6.45) is -0.419. The lowest BCUT2D eigenvalue weighted by Gasteiger charge is -2.13. The van der Waals surface area contributed by atoms with Gasteiger partial charge in [-0.05, 0) is 48.6 Å². The van der Waals surface area contributed by atoms with Gasteiger partial charge in [-0.25, -0.2) is 9.18 Å². The number of hydrogen-bond acceptors (Lipinski definition) is 3. The van der Waals surface area contributed by atoms with Crippen molar-refractivity contribution in [3.8, 4) is 0 Å². The third-order valence-electron chi connectivity index (χ3n) is 3.65. The molecule has 3 aromatic rings. The Morgan fingerprint density at radius 3 is 2.50 bits per heavy atom. The first kappa shape index (κ1) is 14.7. The Morgan fingerprint density at radius 1 is 1.14 bits per heavy atom. The number of ether oxygens (including phenoxy) is 1. The maximum Gasteiger partial charge on any atom is 0.349 e. The zero-order valence-electron chi connectivity index (χ0n) is 12.3. The topological polar surface area (TPSA) is 26.3 Å². The number of aryl methyl sites for hydroxylation is 1. The van der Waals surface area contributed by atoms with Crippen LogP contribution in [0.4, 0.5) is 4.39 Å². The summed E-state index contributed by atoms with van der Waals surface area (Å²) < 4.78 is 19.5. The number of thiophene rings is 1. The molecule has 0 N–H and O–H groups in total. The zero-order valence-corrected chi connectivity index (χ0v) is 13.1. The van der Waals surface area contributed by atoms with Crippen molar-refractivity contribution < 1.29 is 13.9 Å². The van der Waals surface area contributed by atoms with E-state index >= 15 is 0 Å². The van der Waals surface area contributed by atoms with Gasteiger partial charge in [-0.15, -0.1) is 11.3 Å². The van der Waals surface area contributed by atoms with Gasteiger partial charge in [0.2, 0.25) is 0 Å². The van der Waals surface area contributed by atoms with Crippen molar-refractivity contribution in [2.24, 2.45) is 0 Å². The van der Waals surface area contributed by atoms with E-state index in [4.69, 9.17) is 4.74 Å². The highest BCUT2D eigenvalue weighted by atomic mass is 32.1. The van der Waals surface area contributed by atoms with Crippen LogP contribution in [0.1, 0.15) is 33.8 Å². The van der Waals surface area contributed by atoms with Crippen molar-refractivity contribution in [3.63, 3.8) is 0 Å². The second-order valence-electron chi connectivity index (χ2n) is 5.15. The van der Waals surface area contributed by atoms with Gasteiger partial charge in [-0.3, -0.25) is 0 Å². The van der Waals surface area contributed by atoms with Crippen molar-refractivity contribution in [2.75, 3.05) is 0 Å². The van der Waals surface area contributed by atoms with Crippen LogP contribution in [-0.2, 0) is 4.74 Å². The third-order valence-corrected chi connectivity index (χ3v) is 4.91. The molecule has 0 aliphatic carbocycles. The molecule has 0 saturated heterocycles. The normalized spacial score (nSPS) is 12.3. The molecule has 0 fully saturated rings. The molecule has 0 aliphatic rings. The molecule has 2 nitrogen and oxygen atoms in total. The highest BCUT2D eigenvalue weighted by Gasteiger charge is 2.19. The number of hydrogen-bond donors (Lipinski definition) is 0. The van der Waals surface area contributed by atoms with Gasteiger partial charge in [0, 0.05) is 4.70 Å². The van der Waals surface area contributed by atoms with Gasteiger partial charge in [0.15, 0.2) is 0 Å². The third kappa shape index (κ3) is 2.74. The van der Waals surface area contributed by atoms with Crippen LogP contribution in [0.5, 0.6) is 0 Å². The predicted molar refractivity (Wildman–Crippen MR) is 86.8 cm³/mol. The quantitative estimate of drug-likeness (QED) is 0.616. The van der Waals surface area contributed by atoms with Gasteiger partial charge >= 0.3 is 5.97 Å². The average Bonchev–Trinajstić information content (AvgIpc) is 2.85. The molecule has 0 spiro atoms. The van der Waals surface area contributed by atoms with Crippen molar-refractivity contribution >= 4 is 27.4 Å². The first-order chi connectivity index (χ1) is 10.6. The second-order valence-corrected chi connectivity index (χ2v) is 6.20. The van der Waals surface area contributed by atoms with Gasteiger partial charge in [0.1, 0.15) is 16.8 Å². The highest BCUT2D eigenvalue weighted by Crippen LogP contribution is 2.32. The molecule has 0 aliphatic heterocycles. The first-order valence-corrected chi connectivity index (χ1v) is 7.82. The van der Waals surface area contributed by atoms with Crippen LogP contribution in [0, 0.1) is 12.7 Å². The summed E-state index contributed by atoms with van der Waals surface area (Å²) in [7, 11) is 0. The van der Waals surface area contributed by atoms with Crippen LogP contribution in [0.3, 0.4) is 0 Å². The van der Waals surface area contributed by atoms with E-state index in [0.29, 0.717) is 4.88 Å². The van der Waals surface area contributed by atoms with Gasteiger partial charge < -0.3 is 4.74 Å². The Morgan fingerprint density at radius 2 is 1.82 bits per heavy atom. The fourth-order valence-electron chi connectivity index (χ4n) is 2.38. The van der Waals surface area contributed by atoms with E-state index in [1.807, 2.05) is 31.2 Å². The summed E-state index contributed by atoms with van der Waals surface area (Å²) in [6.45, 7) is 3.71. The molecule has 0 radical (unpaired) electrons. The molecule has 1 heterocycles.